The van der Waals surface area contributed by atoms with Crippen LogP contribution in [-0.2, 0) is 11.2 Å². The van der Waals surface area contributed by atoms with Gasteiger partial charge in [0.1, 0.15) is 5.75 Å². The Labute approximate surface area is 139 Å². The van der Waals surface area contributed by atoms with E-state index in [1.807, 2.05) is 18.2 Å². The molecule has 124 valence electrons. The summed E-state index contributed by atoms with van der Waals surface area (Å²) < 4.78 is 10.4. The van der Waals surface area contributed by atoms with E-state index in [-0.39, 0.29) is 11.3 Å². The Bertz CT molecular complexity index is 828. The molecule has 1 aliphatic heterocycles. The summed E-state index contributed by atoms with van der Waals surface area (Å²) >= 11 is 0. The largest absolute Gasteiger partial charge is 0.493 e. The fourth-order valence-electron chi connectivity index (χ4n) is 3.04. The van der Waals surface area contributed by atoms with Crippen LogP contribution in [0, 0.1) is 17.0 Å². The normalized spacial score (nSPS) is 12.9. The van der Waals surface area contributed by atoms with Crippen LogP contribution in [0.5, 0.6) is 5.75 Å². The number of nitro benzene ring substituents is 1. The van der Waals surface area contributed by atoms with Crippen molar-refractivity contribution in [1.29, 1.82) is 0 Å². The Morgan fingerprint density at radius 1 is 1.29 bits per heavy atom. The first kappa shape index (κ1) is 16.0. The number of hydrogen-bond acceptors (Lipinski definition) is 5. The highest BCUT2D eigenvalue weighted by molar-refractivity contribution is 5.99. The number of fused-ring (bicyclic) bond motifs is 1. The predicted molar refractivity (Wildman–Crippen MR) is 88.4 cm³/mol. The number of nitro groups is 1. The Kier molecular flexibility index (Phi) is 4.20. The van der Waals surface area contributed by atoms with Crippen LogP contribution in [0.25, 0.3) is 11.1 Å². The van der Waals surface area contributed by atoms with Crippen LogP contribution >= 0.6 is 0 Å². The molecule has 0 aromatic heterocycles. The second-order valence-electron chi connectivity index (χ2n) is 5.71. The third kappa shape index (κ3) is 2.82. The van der Waals surface area contributed by atoms with Crippen LogP contribution in [0.3, 0.4) is 0 Å². The molecule has 0 amide bonds. The molecule has 24 heavy (non-hydrogen) atoms. The highest BCUT2D eigenvalue weighted by atomic mass is 16.6. The maximum absolute atomic E-state index is 12.2. The van der Waals surface area contributed by atoms with E-state index >= 15 is 0 Å². The van der Waals surface area contributed by atoms with Crippen molar-refractivity contribution in [2.45, 2.75) is 19.8 Å². The van der Waals surface area contributed by atoms with E-state index in [0.717, 1.165) is 29.7 Å². The molecule has 0 atom stereocenters. The number of methoxy groups -OCH3 is 1. The smallest absolute Gasteiger partial charge is 0.338 e. The van der Waals surface area contributed by atoms with E-state index in [2.05, 4.69) is 0 Å². The highest BCUT2D eigenvalue weighted by Crippen LogP contribution is 2.35. The third-order valence-corrected chi connectivity index (χ3v) is 4.13. The van der Waals surface area contributed by atoms with Gasteiger partial charge in [-0.3, -0.25) is 10.1 Å². The molecule has 6 heteroatoms. The Morgan fingerprint density at radius 2 is 2.08 bits per heavy atom. The number of non-ortho nitro benzene ring substituents is 1. The molecular weight excluding hydrogens is 310 g/mol. The summed E-state index contributed by atoms with van der Waals surface area (Å²) in [5.74, 6) is 0.259. The van der Waals surface area contributed by atoms with E-state index < -0.39 is 10.9 Å². The molecule has 2 aromatic rings. The third-order valence-electron chi connectivity index (χ3n) is 4.13. The predicted octanol–water partition coefficient (Wildman–Crippen LogP) is 3.68. The minimum absolute atomic E-state index is 0.127. The lowest BCUT2D eigenvalue weighted by atomic mass is 9.92. The molecule has 0 spiro atoms. The molecule has 1 aliphatic rings. The van der Waals surface area contributed by atoms with E-state index in [4.69, 9.17) is 9.47 Å². The molecule has 0 aliphatic carbocycles. The van der Waals surface area contributed by atoms with Gasteiger partial charge in [-0.25, -0.2) is 4.79 Å². The molecule has 6 nitrogen and oxygen atoms in total. The lowest BCUT2D eigenvalue weighted by Gasteiger charge is -2.19. The second-order valence-corrected chi connectivity index (χ2v) is 5.71. The Hall–Kier alpha value is -2.89. The number of rotatable bonds is 3. The maximum atomic E-state index is 12.2. The summed E-state index contributed by atoms with van der Waals surface area (Å²) in [5.41, 5.74) is 3.28. The molecular formula is C18H17NO5. The number of carbonyl (C=O) groups excluding carboxylic acids is 1. The van der Waals surface area contributed by atoms with Crippen molar-refractivity contribution in [2.24, 2.45) is 0 Å². The summed E-state index contributed by atoms with van der Waals surface area (Å²) in [6.07, 6.45) is 1.85. The van der Waals surface area contributed by atoms with Crippen LogP contribution in [0.2, 0.25) is 0 Å². The van der Waals surface area contributed by atoms with Gasteiger partial charge in [0, 0.05) is 12.1 Å². The van der Waals surface area contributed by atoms with Gasteiger partial charge in [-0.15, -0.1) is 0 Å². The minimum atomic E-state index is -0.592. The lowest BCUT2D eigenvalue weighted by Crippen LogP contribution is -2.09. The van der Waals surface area contributed by atoms with Gasteiger partial charge in [0.15, 0.2) is 0 Å². The van der Waals surface area contributed by atoms with Gasteiger partial charge in [-0.1, -0.05) is 6.07 Å². The molecule has 0 saturated heterocycles. The molecule has 0 fully saturated rings. The molecule has 0 N–H and O–H groups in total. The SMILES string of the molecule is COC(=O)c1cc([N+](=O)[O-])cc(C)c1-c1ccc2c(c1)CCCO2. The van der Waals surface area contributed by atoms with E-state index in [1.165, 1.54) is 19.2 Å². The van der Waals surface area contributed by atoms with Crippen molar-refractivity contribution in [3.63, 3.8) is 0 Å². The van der Waals surface area contributed by atoms with Crippen LogP contribution < -0.4 is 4.74 Å². The first-order valence-corrected chi connectivity index (χ1v) is 7.64. The zero-order valence-electron chi connectivity index (χ0n) is 13.5. The van der Waals surface area contributed by atoms with Crippen molar-refractivity contribution in [1.82, 2.24) is 0 Å². The average molecular weight is 327 g/mol. The molecule has 2 aromatic carbocycles. The first-order chi connectivity index (χ1) is 11.5. The minimum Gasteiger partial charge on any atom is -0.493 e. The Morgan fingerprint density at radius 3 is 2.79 bits per heavy atom. The van der Waals surface area contributed by atoms with Gasteiger partial charge in [0.2, 0.25) is 0 Å². The second kappa shape index (κ2) is 6.31. The van der Waals surface area contributed by atoms with E-state index in [9.17, 15) is 14.9 Å². The van der Waals surface area contributed by atoms with Gasteiger partial charge >= 0.3 is 5.97 Å². The molecule has 0 radical (unpaired) electrons. The van der Waals surface area contributed by atoms with E-state index in [0.29, 0.717) is 17.7 Å². The van der Waals surface area contributed by atoms with Crippen LogP contribution in [0.1, 0.15) is 27.9 Å². The molecule has 1 heterocycles. The summed E-state index contributed by atoms with van der Waals surface area (Å²) in [4.78, 5) is 22.7. The van der Waals surface area contributed by atoms with Crippen molar-refractivity contribution in [2.75, 3.05) is 13.7 Å². The van der Waals surface area contributed by atoms with Gasteiger partial charge in [0.05, 0.1) is 24.2 Å². The molecule has 0 bridgehead atoms. The van der Waals surface area contributed by atoms with Gasteiger partial charge < -0.3 is 9.47 Å². The standard InChI is InChI=1S/C18H17NO5/c1-11-8-14(19(21)22)10-15(18(20)23-2)17(11)13-5-6-16-12(9-13)4-3-7-24-16/h5-6,8-10H,3-4,7H2,1-2H3. The fourth-order valence-corrected chi connectivity index (χ4v) is 3.04. The van der Waals surface area contributed by atoms with Crippen LogP contribution in [0.4, 0.5) is 5.69 Å². The number of aryl methyl sites for hydroxylation is 2. The molecule has 0 unspecified atom stereocenters. The van der Waals surface area contributed by atoms with Gasteiger partial charge in [0.25, 0.3) is 5.69 Å². The number of nitrogens with zero attached hydrogens (tertiary/aromatic N) is 1. The number of esters is 1. The van der Waals surface area contributed by atoms with Crippen molar-refractivity contribution >= 4 is 11.7 Å². The first-order valence-electron chi connectivity index (χ1n) is 7.64. The molecule has 3 rings (SSSR count). The fraction of sp³-hybridized carbons (Fsp3) is 0.278. The summed E-state index contributed by atoms with van der Waals surface area (Å²) in [6.45, 7) is 2.46. The van der Waals surface area contributed by atoms with Crippen LogP contribution in [-0.4, -0.2) is 24.6 Å². The number of carbonyl (C=O) groups is 1. The Balaban J connectivity index is 2.19. The quantitative estimate of drug-likeness (QED) is 0.488. The van der Waals surface area contributed by atoms with E-state index in [1.54, 1.807) is 6.92 Å². The summed E-state index contributed by atoms with van der Waals surface area (Å²) in [7, 11) is 1.26. The van der Waals surface area contributed by atoms with Crippen molar-refractivity contribution in [3.05, 3.63) is 57.1 Å². The number of hydrogen-bond donors (Lipinski definition) is 0. The topological polar surface area (TPSA) is 78.7 Å². The zero-order chi connectivity index (χ0) is 17.3. The van der Waals surface area contributed by atoms with Crippen molar-refractivity contribution in [3.8, 4) is 16.9 Å². The summed E-state index contributed by atoms with van der Waals surface area (Å²) in [6, 6.07) is 8.47. The lowest BCUT2D eigenvalue weighted by molar-refractivity contribution is -0.384. The zero-order valence-corrected chi connectivity index (χ0v) is 13.5. The number of benzene rings is 2. The summed E-state index contributed by atoms with van der Waals surface area (Å²) in [5, 5.41) is 11.1. The van der Waals surface area contributed by atoms with Gasteiger partial charge in [-0.05, 0) is 54.2 Å². The maximum Gasteiger partial charge on any atom is 0.338 e. The van der Waals surface area contributed by atoms with Gasteiger partial charge in [-0.2, -0.15) is 0 Å². The van der Waals surface area contributed by atoms with Crippen molar-refractivity contribution < 1.29 is 19.2 Å². The average Bonchev–Trinajstić information content (AvgIpc) is 2.59. The highest BCUT2D eigenvalue weighted by Gasteiger charge is 2.22. The monoisotopic (exact) mass is 327 g/mol. The van der Waals surface area contributed by atoms with Crippen LogP contribution in [0.15, 0.2) is 30.3 Å². The number of ether oxygens (including phenoxy) is 2. The molecule has 0 saturated carbocycles.